The molecule has 0 aliphatic carbocycles. The maximum atomic E-state index is 5.84. The van der Waals surface area contributed by atoms with Gasteiger partial charge in [0.15, 0.2) is 0 Å². The summed E-state index contributed by atoms with van der Waals surface area (Å²) in [6.07, 6.45) is 22.5. The summed E-state index contributed by atoms with van der Waals surface area (Å²) in [7, 11) is 0. The maximum absolute atomic E-state index is 5.84. The van der Waals surface area contributed by atoms with Gasteiger partial charge in [0.2, 0.25) is 0 Å². The minimum atomic E-state index is -0.0254. The van der Waals surface area contributed by atoms with Crippen molar-refractivity contribution in [3.8, 4) is 0 Å². The van der Waals surface area contributed by atoms with Gasteiger partial charge >= 0.3 is 0 Å². The van der Waals surface area contributed by atoms with Gasteiger partial charge < -0.3 is 4.74 Å². The fourth-order valence-corrected chi connectivity index (χ4v) is 3.64. The Morgan fingerprint density at radius 1 is 0.630 bits per heavy atom. The van der Waals surface area contributed by atoms with Crippen molar-refractivity contribution in [2.24, 2.45) is 0 Å². The zero-order valence-electron chi connectivity index (χ0n) is 18.1. The lowest BCUT2D eigenvalue weighted by Crippen LogP contribution is -2.01. The Morgan fingerprint density at radius 2 is 1.04 bits per heavy atom. The lowest BCUT2D eigenvalue weighted by Gasteiger charge is -2.13. The average Bonchev–Trinajstić information content (AvgIpc) is 2.70. The van der Waals surface area contributed by atoms with E-state index in [2.05, 4.69) is 26.0 Å². The van der Waals surface area contributed by atoms with Crippen LogP contribution in [0.3, 0.4) is 0 Å². The summed E-state index contributed by atoms with van der Waals surface area (Å²) in [4.78, 5) is 0. The lowest BCUT2D eigenvalue weighted by molar-refractivity contribution is 0.0800. The van der Waals surface area contributed by atoms with Crippen LogP contribution >= 0.6 is 0 Å². The van der Waals surface area contributed by atoms with E-state index in [1.807, 2.05) is 18.2 Å². The fraction of sp³-hybridized carbons (Fsp3) is 0.731. The molecule has 1 heteroatoms. The minimum absolute atomic E-state index is 0.0254. The first kappa shape index (κ1) is 24.2. The van der Waals surface area contributed by atoms with E-state index in [0.717, 1.165) is 13.0 Å². The van der Waals surface area contributed by atoms with E-state index in [4.69, 9.17) is 4.74 Å². The second kappa shape index (κ2) is 18.5. The Bertz CT molecular complexity index is 400. The highest BCUT2D eigenvalue weighted by Crippen LogP contribution is 2.17. The number of ether oxygens (including phenoxy) is 1. The third-order valence-corrected chi connectivity index (χ3v) is 5.49. The summed E-state index contributed by atoms with van der Waals surface area (Å²) in [6, 6.07) is 10.3. The molecule has 0 heterocycles. The van der Waals surface area contributed by atoms with E-state index in [0.29, 0.717) is 0 Å². The summed E-state index contributed by atoms with van der Waals surface area (Å²) >= 11 is 0. The van der Waals surface area contributed by atoms with Gasteiger partial charge in [0.25, 0.3) is 0 Å². The first-order valence-corrected chi connectivity index (χ1v) is 11.8. The number of hydrogen-bond donors (Lipinski definition) is 0. The van der Waals surface area contributed by atoms with Crippen LogP contribution in [0.4, 0.5) is 0 Å². The SMILES string of the molecule is [CH2]C(OCCCCCCCCCCCCCCCCCC)c1ccccc1. The van der Waals surface area contributed by atoms with Crippen LogP contribution in [0.1, 0.15) is 121 Å². The number of rotatable bonds is 19. The Labute approximate surface area is 170 Å². The second-order valence-electron chi connectivity index (χ2n) is 8.07. The van der Waals surface area contributed by atoms with Crippen molar-refractivity contribution >= 4 is 0 Å². The minimum Gasteiger partial charge on any atom is -0.374 e. The molecule has 0 bridgehead atoms. The van der Waals surface area contributed by atoms with E-state index in [-0.39, 0.29) is 6.10 Å². The van der Waals surface area contributed by atoms with E-state index in [9.17, 15) is 0 Å². The molecule has 0 N–H and O–H groups in total. The van der Waals surface area contributed by atoms with Crippen molar-refractivity contribution in [2.45, 2.75) is 116 Å². The van der Waals surface area contributed by atoms with Crippen molar-refractivity contribution in [2.75, 3.05) is 6.61 Å². The lowest BCUT2D eigenvalue weighted by atomic mass is 10.0. The van der Waals surface area contributed by atoms with Crippen molar-refractivity contribution in [3.63, 3.8) is 0 Å². The van der Waals surface area contributed by atoms with Gasteiger partial charge in [0, 0.05) is 6.61 Å². The molecule has 1 atom stereocenters. The Kier molecular flexibility index (Phi) is 16.6. The number of benzene rings is 1. The zero-order valence-corrected chi connectivity index (χ0v) is 18.1. The van der Waals surface area contributed by atoms with Crippen LogP contribution in [0.15, 0.2) is 30.3 Å². The molecular formula is C26H45O. The predicted molar refractivity (Wildman–Crippen MR) is 120 cm³/mol. The summed E-state index contributed by atoms with van der Waals surface area (Å²) in [6.45, 7) is 7.22. The van der Waals surface area contributed by atoms with Crippen LogP contribution in [-0.4, -0.2) is 6.61 Å². The van der Waals surface area contributed by atoms with E-state index in [1.54, 1.807) is 0 Å². The average molecular weight is 374 g/mol. The highest BCUT2D eigenvalue weighted by atomic mass is 16.5. The molecule has 1 rings (SSSR count). The van der Waals surface area contributed by atoms with E-state index in [1.165, 1.54) is 102 Å². The monoisotopic (exact) mass is 373 g/mol. The first-order chi connectivity index (χ1) is 13.3. The Hall–Kier alpha value is -0.820. The molecule has 1 aromatic rings. The summed E-state index contributed by atoms with van der Waals surface area (Å²) in [5.74, 6) is 0. The molecule has 0 aliphatic heterocycles. The van der Waals surface area contributed by atoms with Gasteiger partial charge in [-0.15, -0.1) is 0 Å². The summed E-state index contributed by atoms with van der Waals surface area (Å²) in [5.41, 5.74) is 1.17. The van der Waals surface area contributed by atoms with Crippen molar-refractivity contribution in [1.82, 2.24) is 0 Å². The molecule has 1 unspecified atom stereocenters. The normalized spacial score (nSPS) is 12.4. The molecule has 27 heavy (non-hydrogen) atoms. The smallest absolute Gasteiger partial charge is 0.0826 e. The van der Waals surface area contributed by atoms with Crippen LogP contribution < -0.4 is 0 Å². The molecular weight excluding hydrogens is 328 g/mol. The summed E-state index contributed by atoms with van der Waals surface area (Å²) in [5, 5.41) is 0. The van der Waals surface area contributed by atoms with Gasteiger partial charge in [-0.25, -0.2) is 0 Å². The molecule has 1 nitrogen and oxygen atoms in total. The standard InChI is InChI=1S/C26H45O/c1-3-4-5-6-7-8-9-10-11-12-13-14-15-16-17-21-24-27-25(2)26-22-19-18-20-23-26/h18-20,22-23,25H,2-17,21,24H2,1H3. The molecule has 1 radical (unpaired) electrons. The second-order valence-corrected chi connectivity index (χ2v) is 8.07. The van der Waals surface area contributed by atoms with Crippen LogP contribution in [0.25, 0.3) is 0 Å². The zero-order chi connectivity index (χ0) is 19.4. The molecule has 1 aromatic carbocycles. The van der Waals surface area contributed by atoms with Gasteiger partial charge in [-0.3, -0.25) is 0 Å². The highest BCUT2D eigenvalue weighted by molar-refractivity contribution is 5.18. The van der Waals surface area contributed by atoms with E-state index < -0.39 is 0 Å². The van der Waals surface area contributed by atoms with Gasteiger partial charge in [-0.05, 0) is 18.9 Å². The van der Waals surface area contributed by atoms with Crippen LogP contribution in [-0.2, 0) is 4.74 Å². The maximum Gasteiger partial charge on any atom is 0.0826 e. The largest absolute Gasteiger partial charge is 0.374 e. The third-order valence-electron chi connectivity index (χ3n) is 5.49. The molecule has 0 spiro atoms. The van der Waals surface area contributed by atoms with Crippen LogP contribution in [0, 0.1) is 6.92 Å². The Morgan fingerprint density at radius 3 is 1.48 bits per heavy atom. The van der Waals surface area contributed by atoms with Crippen molar-refractivity contribution < 1.29 is 4.74 Å². The Balaban J connectivity index is 1.74. The van der Waals surface area contributed by atoms with E-state index >= 15 is 0 Å². The molecule has 0 aromatic heterocycles. The third kappa shape index (κ3) is 14.9. The first-order valence-electron chi connectivity index (χ1n) is 11.8. The van der Waals surface area contributed by atoms with Crippen molar-refractivity contribution in [3.05, 3.63) is 42.8 Å². The number of hydrogen-bond acceptors (Lipinski definition) is 1. The van der Waals surface area contributed by atoms with Gasteiger partial charge in [-0.1, -0.05) is 134 Å². The van der Waals surface area contributed by atoms with Gasteiger partial charge in [0.05, 0.1) is 6.10 Å². The summed E-state index contributed by atoms with van der Waals surface area (Å²) < 4.78 is 5.84. The van der Waals surface area contributed by atoms with Crippen molar-refractivity contribution in [1.29, 1.82) is 0 Å². The molecule has 155 valence electrons. The van der Waals surface area contributed by atoms with Crippen LogP contribution in [0.5, 0.6) is 0 Å². The highest BCUT2D eigenvalue weighted by Gasteiger charge is 2.04. The molecule has 0 fully saturated rings. The van der Waals surface area contributed by atoms with Gasteiger partial charge in [0.1, 0.15) is 0 Å². The fourth-order valence-electron chi connectivity index (χ4n) is 3.64. The topological polar surface area (TPSA) is 9.23 Å². The molecule has 0 saturated carbocycles. The quantitative estimate of drug-likeness (QED) is 0.220. The molecule has 0 saturated heterocycles. The predicted octanol–water partition coefficient (Wildman–Crippen LogP) is 8.84. The number of unbranched alkanes of at least 4 members (excludes halogenated alkanes) is 15. The molecule has 0 amide bonds. The van der Waals surface area contributed by atoms with Gasteiger partial charge in [-0.2, -0.15) is 0 Å². The molecule has 0 aliphatic rings. The van der Waals surface area contributed by atoms with Crippen LogP contribution in [0.2, 0.25) is 0 Å².